The van der Waals surface area contributed by atoms with Crippen molar-refractivity contribution in [1.82, 2.24) is 20.1 Å². The second-order valence-electron chi connectivity index (χ2n) is 7.10. The van der Waals surface area contributed by atoms with Crippen LogP contribution in [0.2, 0.25) is 0 Å². The van der Waals surface area contributed by atoms with E-state index in [1.54, 1.807) is 12.4 Å². The molecule has 1 aliphatic heterocycles. The lowest BCUT2D eigenvalue weighted by atomic mass is 10.1. The van der Waals surface area contributed by atoms with Crippen molar-refractivity contribution in [2.75, 3.05) is 18.4 Å². The summed E-state index contributed by atoms with van der Waals surface area (Å²) in [7, 11) is 0. The molecular formula is C23H25N5. The third-order valence-electron chi connectivity index (χ3n) is 4.96. The largest absolute Gasteiger partial charge is 0.354 e. The Morgan fingerprint density at radius 1 is 1.11 bits per heavy atom. The van der Waals surface area contributed by atoms with E-state index in [4.69, 9.17) is 0 Å². The molecule has 1 fully saturated rings. The first-order chi connectivity index (χ1) is 13.8. The van der Waals surface area contributed by atoms with Gasteiger partial charge < -0.3 is 5.32 Å². The van der Waals surface area contributed by atoms with Crippen molar-refractivity contribution in [3.63, 3.8) is 0 Å². The standard InChI is InChI=1S/C23H25N5/c1-18(23-21(16-25-27-23)9-6-19-5-4-12-24-15-19)26-22-10-7-20(8-11-22)17-28-13-2-3-14-28/h4-12,15-16,26H,1-3,13-14,17H2,(H,25,27)/b9-6+. The minimum absolute atomic E-state index is 0.788. The van der Waals surface area contributed by atoms with Gasteiger partial charge in [0.2, 0.25) is 0 Å². The van der Waals surface area contributed by atoms with Gasteiger partial charge in [-0.25, -0.2) is 0 Å². The van der Waals surface area contributed by atoms with Crippen LogP contribution in [0.3, 0.4) is 0 Å². The van der Waals surface area contributed by atoms with E-state index in [0.717, 1.165) is 34.8 Å². The monoisotopic (exact) mass is 371 g/mol. The molecule has 0 aliphatic carbocycles. The predicted molar refractivity (Wildman–Crippen MR) is 115 cm³/mol. The summed E-state index contributed by atoms with van der Waals surface area (Å²) in [4.78, 5) is 6.64. The third-order valence-corrected chi connectivity index (χ3v) is 4.96. The maximum atomic E-state index is 4.18. The van der Waals surface area contributed by atoms with Crippen molar-refractivity contribution >= 4 is 23.5 Å². The second kappa shape index (κ2) is 8.67. The summed E-state index contributed by atoms with van der Waals surface area (Å²) in [5.41, 5.74) is 6.05. The van der Waals surface area contributed by atoms with E-state index in [1.165, 1.54) is 31.5 Å². The SMILES string of the molecule is C=C(Nc1ccc(CN2CCCC2)cc1)c1[nH]ncc1/C=C/c1cccnc1. The molecule has 28 heavy (non-hydrogen) atoms. The number of benzene rings is 1. The molecule has 1 aromatic carbocycles. The number of aromatic amines is 1. The molecule has 2 N–H and O–H groups in total. The Morgan fingerprint density at radius 3 is 2.68 bits per heavy atom. The summed E-state index contributed by atoms with van der Waals surface area (Å²) in [5.74, 6) is 0. The van der Waals surface area contributed by atoms with E-state index in [2.05, 4.69) is 56.2 Å². The highest BCUT2D eigenvalue weighted by molar-refractivity contribution is 5.81. The van der Waals surface area contributed by atoms with Gasteiger partial charge in [0.25, 0.3) is 0 Å². The average molecular weight is 371 g/mol. The van der Waals surface area contributed by atoms with Gasteiger partial charge in [0.15, 0.2) is 0 Å². The molecule has 2 aromatic heterocycles. The van der Waals surface area contributed by atoms with Crippen molar-refractivity contribution in [2.45, 2.75) is 19.4 Å². The first-order valence-electron chi connectivity index (χ1n) is 9.67. The number of aromatic nitrogens is 3. The molecule has 3 aromatic rings. The number of pyridine rings is 1. The van der Waals surface area contributed by atoms with Crippen LogP contribution < -0.4 is 5.32 Å². The van der Waals surface area contributed by atoms with E-state index in [-0.39, 0.29) is 0 Å². The number of nitrogens with one attached hydrogen (secondary N) is 2. The highest BCUT2D eigenvalue weighted by atomic mass is 15.1. The van der Waals surface area contributed by atoms with Crippen LogP contribution in [0.1, 0.15) is 35.2 Å². The Hall–Kier alpha value is -3.18. The molecule has 0 bridgehead atoms. The number of nitrogens with zero attached hydrogens (tertiary/aromatic N) is 3. The number of hydrogen-bond acceptors (Lipinski definition) is 4. The smallest absolute Gasteiger partial charge is 0.0878 e. The highest BCUT2D eigenvalue weighted by Gasteiger charge is 2.12. The molecule has 4 rings (SSSR count). The Balaban J connectivity index is 1.40. The Labute approximate surface area is 165 Å². The lowest BCUT2D eigenvalue weighted by molar-refractivity contribution is 0.331. The third kappa shape index (κ3) is 4.56. The molecule has 1 aliphatic rings. The molecule has 5 nitrogen and oxygen atoms in total. The quantitative estimate of drug-likeness (QED) is 0.634. The molecule has 142 valence electrons. The molecule has 0 spiro atoms. The van der Waals surface area contributed by atoms with Crippen LogP contribution in [0.15, 0.2) is 61.6 Å². The van der Waals surface area contributed by atoms with Crippen LogP contribution >= 0.6 is 0 Å². The maximum Gasteiger partial charge on any atom is 0.0878 e. The molecule has 1 saturated heterocycles. The zero-order valence-corrected chi connectivity index (χ0v) is 15.9. The fraction of sp³-hybridized carbons (Fsp3) is 0.217. The van der Waals surface area contributed by atoms with Crippen LogP contribution in [0.25, 0.3) is 17.8 Å². The van der Waals surface area contributed by atoms with Crippen molar-refractivity contribution in [3.05, 3.63) is 84.0 Å². The summed E-state index contributed by atoms with van der Waals surface area (Å²) in [6.07, 6.45) is 12.1. The van der Waals surface area contributed by atoms with Crippen molar-refractivity contribution in [1.29, 1.82) is 0 Å². The summed E-state index contributed by atoms with van der Waals surface area (Å²) in [5, 5.41) is 10.6. The summed E-state index contributed by atoms with van der Waals surface area (Å²) in [6, 6.07) is 12.5. The van der Waals surface area contributed by atoms with Gasteiger partial charge in [-0.2, -0.15) is 5.10 Å². The number of rotatable bonds is 7. The number of anilines is 1. The molecule has 5 heteroatoms. The number of likely N-dealkylation sites (tertiary alicyclic amines) is 1. The van der Waals surface area contributed by atoms with Crippen molar-refractivity contribution in [3.8, 4) is 0 Å². The van der Waals surface area contributed by atoms with Crippen LogP contribution in [-0.4, -0.2) is 33.2 Å². The van der Waals surface area contributed by atoms with Gasteiger partial charge in [0, 0.05) is 30.2 Å². The van der Waals surface area contributed by atoms with Gasteiger partial charge in [-0.15, -0.1) is 0 Å². The molecule has 3 heterocycles. The topological polar surface area (TPSA) is 56.8 Å². The van der Waals surface area contributed by atoms with Gasteiger partial charge in [-0.1, -0.05) is 36.9 Å². The highest BCUT2D eigenvalue weighted by Crippen LogP contribution is 2.21. The molecular weight excluding hydrogens is 346 g/mol. The molecule has 0 unspecified atom stereocenters. The predicted octanol–water partition coefficient (Wildman–Crippen LogP) is 4.65. The second-order valence-corrected chi connectivity index (χ2v) is 7.10. The molecule has 0 atom stereocenters. The van der Waals surface area contributed by atoms with E-state index in [9.17, 15) is 0 Å². The fourth-order valence-electron chi connectivity index (χ4n) is 3.45. The molecule has 0 saturated carbocycles. The minimum atomic E-state index is 0.788. The minimum Gasteiger partial charge on any atom is -0.354 e. The Morgan fingerprint density at radius 2 is 1.93 bits per heavy atom. The zero-order chi connectivity index (χ0) is 19.2. The number of hydrogen-bond donors (Lipinski definition) is 2. The Bertz CT molecular complexity index is 935. The van der Waals surface area contributed by atoms with E-state index in [0.29, 0.717) is 0 Å². The van der Waals surface area contributed by atoms with Crippen LogP contribution in [0, 0.1) is 0 Å². The Kier molecular flexibility index (Phi) is 5.64. The van der Waals surface area contributed by atoms with Crippen LogP contribution in [0.4, 0.5) is 5.69 Å². The number of H-pyrrole nitrogens is 1. The van der Waals surface area contributed by atoms with Gasteiger partial charge in [-0.3, -0.25) is 15.0 Å². The summed E-state index contributed by atoms with van der Waals surface area (Å²) >= 11 is 0. The van der Waals surface area contributed by atoms with Gasteiger partial charge in [-0.05, 0) is 55.3 Å². The van der Waals surface area contributed by atoms with E-state index >= 15 is 0 Å². The molecule has 0 radical (unpaired) electrons. The first-order valence-corrected chi connectivity index (χ1v) is 9.67. The van der Waals surface area contributed by atoms with Crippen LogP contribution in [0.5, 0.6) is 0 Å². The van der Waals surface area contributed by atoms with Crippen LogP contribution in [-0.2, 0) is 6.54 Å². The summed E-state index contributed by atoms with van der Waals surface area (Å²) in [6.45, 7) is 7.64. The fourth-order valence-corrected chi connectivity index (χ4v) is 3.45. The maximum absolute atomic E-state index is 4.18. The lowest BCUT2D eigenvalue weighted by Crippen LogP contribution is -2.18. The lowest BCUT2D eigenvalue weighted by Gasteiger charge is -2.15. The van der Waals surface area contributed by atoms with Crippen molar-refractivity contribution < 1.29 is 0 Å². The average Bonchev–Trinajstić information content (AvgIpc) is 3.40. The first kappa shape index (κ1) is 18.2. The van der Waals surface area contributed by atoms with Gasteiger partial charge in [0.1, 0.15) is 0 Å². The normalized spacial score (nSPS) is 14.6. The van der Waals surface area contributed by atoms with Crippen molar-refractivity contribution in [2.24, 2.45) is 0 Å². The van der Waals surface area contributed by atoms with E-state index in [1.807, 2.05) is 30.5 Å². The zero-order valence-electron chi connectivity index (χ0n) is 15.9. The van der Waals surface area contributed by atoms with Gasteiger partial charge >= 0.3 is 0 Å². The molecule has 0 amide bonds. The van der Waals surface area contributed by atoms with E-state index < -0.39 is 0 Å². The van der Waals surface area contributed by atoms with Gasteiger partial charge in [0.05, 0.1) is 17.6 Å². The summed E-state index contributed by atoms with van der Waals surface area (Å²) < 4.78 is 0.